The van der Waals surface area contributed by atoms with Crippen LogP contribution in [0.15, 0.2) is 79.0 Å². The Morgan fingerprint density at radius 3 is 2.24 bits per heavy atom. The van der Waals surface area contributed by atoms with Gasteiger partial charge < -0.3 is 9.62 Å². The quantitative estimate of drug-likeness (QED) is 0.358. The Balaban J connectivity index is 0.000000294. The number of nitrogens with zero attached hydrogens (tertiary/aromatic N) is 2. The van der Waals surface area contributed by atoms with Crippen molar-refractivity contribution >= 4 is 41.1 Å². The molecule has 2 aromatic carbocycles. The lowest BCUT2D eigenvalue weighted by molar-refractivity contribution is 0.590. The van der Waals surface area contributed by atoms with Gasteiger partial charge in [0.2, 0.25) is 0 Å². The molecule has 0 amide bonds. The number of nitrogens with one attached hydrogen (secondary N) is 1. The number of halogens is 1. The van der Waals surface area contributed by atoms with E-state index in [0.29, 0.717) is 0 Å². The summed E-state index contributed by atoms with van der Waals surface area (Å²) in [5, 5.41) is 0.734. The monoisotopic (exact) mass is 479 g/mol. The van der Waals surface area contributed by atoms with Gasteiger partial charge in [-0.05, 0) is 96.1 Å². The summed E-state index contributed by atoms with van der Waals surface area (Å²) < 4.78 is 3.40. The summed E-state index contributed by atoms with van der Waals surface area (Å²) in [4.78, 5) is 7.23. The van der Waals surface area contributed by atoms with Crippen molar-refractivity contribution in [3.05, 3.63) is 101 Å². The van der Waals surface area contributed by atoms with Crippen molar-refractivity contribution in [2.24, 2.45) is 0 Å². The van der Waals surface area contributed by atoms with Gasteiger partial charge in [0.1, 0.15) is 5.82 Å². The van der Waals surface area contributed by atoms with E-state index in [4.69, 9.17) is 11.6 Å². The summed E-state index contributed by atoms with van der Waals surface area (Å²) in [5.74, 6) is 0.931. The molecule has 0 bridgehead atoms. The zero-order valence-corrected chi connectivity index (χ0v) is 22.0. The molecule has 0 radical (unpaired) electrons. The first-order valence-corrected chi connectivity index (χ1v) is 12.0. The molecule has 3 rings (SSSR count). The fourth-order valence-electron chi connectivity index (χ4n) is 3.00. The normalized spacial score (nSPS) is 10.6. The van der Waals surface area contributed by atoms with Gasteiger partial charge in [-0.3, -0.25) is 0 Å². The van der Waals surface area contributed by atoms with E-state index < -0.39 is 0 Å². The fraction of sp³-hybridized carbons (Fsp3) is 0.250. The molecule has 0 atom stereocenters. The van der Waals surface area contributed by atoms with Crippen molar-refractivity contribution in [2.45, 2.75) is 44.9 Å². The van der Waals surface area contributed by atoms with Gasteiger partial charge in [0.05, 0.1) is 0 Å². The van der Waals surface area contributed by atoms with Crippen molar-refractivity contribution in [1.82, 2.24) is 4.98 Å². The van der Waals surface area contributed by atoms with Crippen molar-refractivity contribution in [3.63, 3.8) is 0 Å². The van der Waals surface area contributed by atoms with Gasteiger partial charge in [-0.2, -0.15) is 0 Å². The summed E-state index contributed by atoms with van der Waals surface area (Å²) in [5.41, 5.74) is 5.89. The molecule has 0 fully saturated rings. The maximum absolute atomic E-state index is 6.17. The van der Waals surface area contributed by atoms with E-state index in [1.165, 1.54) is 16.0 Å². The van der Waals surface area contributed by atoms with Crippen LogP contribution >= 0.6 is 23.5 Å². The van der Waals surface area contributed by atoms with Gasteiger partial charge in [0, 0.05) is 28.9 Å². The molecule has 0 aliphatic rings. The van der Waals surface area contributed by atoms with Gasteiger partial charge in [-0.15, -0.1) is 0 Å². The number of rotatable bonds is 6. The topological polar surface area (TPSA) is 28.2 Å². The summed E-state index contributed by atoms with van der Waals surface area (Å²) >= 11 is 7.78. The molecule has 174 valence electrons. The highest BCUT2D eigenvalue weighted by Gasteiger charge is 2.13. The molecule has 3 nitrogen and oxygen atoms in total. The van der Waals surface area contributed by atoms with Crippen molar-refractivity contribution < 1.29 is 0 Å². The summed E-state index contributed by atoms with van der Waals surface area (Å²) in [6.45, 7) is 18.2. The van der Waals surface area contributed by atoms with Crippen LogP contribution in [0.25, 0.3) is 6.08 Å². The lowest BCUT2D eigenvalue weighted by Gasteiger charge is -2.19. The van der Waals surface area contributed by atoms with E-state index in [1.54, 1.807) is 30.4 Å². The van der Waals surface area contributed by atoms with Crippen LogP contribution in [0.3, 0.4) is 0 Å². The lowest BCUT2D eigenvalue weighted by Crippen LogP contribution is -2.10. The minimum atomic E-state index is 0.183. The second-order valence-corrected chi connectivity index (χ2v) is 10.1. The fourth-order valence-corrected chi connectivity index (χ4v) is 4.00. The van der Waals surface area contributed by atoms with E-state index in [2.05, 4.69) is 74.8 Å². The third-order valence-electron chi connectivity index (χ3n) is 5.20. The lowest BCUT2D eigenvalue weighted by atomic mass is 9.87. The van der Waals surface area contributed by atoms with E-state index in [9.17, 15) is 0 Å². The van der Waals surface area contributed by atoms with Crippen LogP contribution in [-0.4, -0.2) is 12.0 Å². The Kier molecular flexibility index (Phi) is 9.63. The van der Waals surface area contributed by atoms with E-state index in [1.807, 2.05) is 43.1 Å². The third-order valence-corrected chi connectivity index (χ3v) is 6.36. The first-order chi connectivity index (χ1) is 15.6. The van der Waals surface area contributed by atoms with Gasteiger partial charge >= 0.3 is 0 Å². The Labute approximate surface area is 208 Å². The minimum Gasteiger partial charge on any atom is -0.337 e. The highest BCUT2D eigenvalue weighted by molar-refractivity contribution is 8.00. The molecule has 1 aromatic heterocycles. The third kappa shape index (κ3) is 7.69. The molecule has 0 unspecified atom stereocenters. The van der Waals surface area contributed by atoms with Crippen LogP contribution in [0, 0.1) is 13.8 Å². The molecule has 0 saturated carbocycles. The Hall–Kier alpha value is -2.69. The molecule has 0 aliphatic carbocycles. The zero-order chi connectivity index (χ0) is 24.6. The largest absolute Gasteiger partial charge is 0.337 e. The van der Waals surface area contributed by atoms with E-state index in [-0.39, 0.29) is 5.41 Å². The smallest absolute Gasteiger partial charge is 0.132 e. The molecule has 0 spiro atoms. The van der Waals surface area contributed by atoms with Crippen molar-refractivity contribution in [3.8, 4) is 0 Å². The Morgan fingerprint density at radius 1 is 1.03 bits per heavy atom. The number of aryl methyl sites for hydroxylation is 1. The molecular formula is C28H34ClN3S. The predicted octanol–water partition coefficient (Wildman–Crippen LogP) is 8.68. The average Bonchev–Trinajstić information content (AvgIpc) is 2.78. The first-order valence-electron chi connectivity index (χ1n) is 10.8. The van der Waals surface area contributed by atoms with Crippen LogP contribution in [-0.2, 0) is 5.41 Å². The SMILES string of the molecule is C=CN(C)c1cc(C)ccn1.C=Cc1c(Cl)ccc(NSc2ccc(C(C)(C)C)cc2)c1C. The zero-order valence-electron chi connectivity index (χ0n) is 20.4. The number of pyridine rings is 1. The maximum Gasteiger partial charge on any atom is 0.132 e. The number of hydrogen-bond donors (Lipinski definition) is 1. The highest BCUT2D eigenvalue weighted by Crippen LogP contribution is 2.31. The summed E-state index contributed by atoms with van der Waals surface area (Å²) in [6, 6.07) is 16.6. The van der Waals surface area contributed by atoms with Crippen molar-refractivity contribution in [1.29, 1.82) is 0 Å². The van der Waals surface area contributed by atoms with Crippen LogP contribution in [0.2, 0.25) is 5.02 Å². The number of aromatic nitrogens is 1. The standard InChI is InChI=1S/C19H22ClNS.C9H12N2/c1-6-16-13(2)18(12-11-17(16)20)21-22-15-9-7-14(8-10-15)19(3,4)5;1-4-11(3)9-7-8(2)5-6-10-9/h6-12,21H,1H2,2-5H3;4-7H,1H2,2-3H3. The van der Waals surface area contributed by atoms with Crippen LogP contribution in [0.1, 0.15) is 43.0 Å². The second-order valence-electron chi connectivity index (χ2n) is 8.80. The second kappa shape index (κ2) is 12.0. The van der Waals surface area contributed by atoms with Crippen LogP contribution in [0.4, 0.5) is 11.5 Å². The summed E-state index contributed by atoms with van der Waals surface area (Å²) in [6.07, 6.45) is 5.33. The average molecular weight is 480 g/mol. The van der Waals surface area contributed by atoms with Crippen molar-refractivity contribution in [2.75, 3.05) is 16.7 Å². The Bertz CT molecular complexity index is 1090. The number of anilines is 2. The van der Waals surface area contributed by atoms with Gasteiger partial charge in [-0.25, -0.2) is 4.98 Å². The molecule has 1 N–H and O–H groups in total. The molecule has 3 aromatic rings. The molecule has 0 saturated heterocycles. The maximum atomic E-state index is 6.17. The molecule has 1 heterocycles. The molecular weight excluding hydrogens is 446 g/mol. The number of hydrogen-bond acceptors (Lipinski definition) is 4. The number of benzene rings is 2. The van der Waals surface area contributed by atoms with Crippen LogP contribution in [0.5, 0.6) is 0 Å². The van der Waals surface area contributed by atoms with Gasteiger partial charge in [0.15, 0.2) is 0 Å². The van der Waals surface area contributed by atoms with E-state index in [0.717, 1.165) is 27.7 Å². The molecule has 33 heavy (non-hydrogen) atoms. The predicted molar refractivity (Wildman–Crippen MR) is 148 cm³/mol. The van der Waals surface area contributed by atoms with Gasteiger partial charge in [0.25, 0.3) is 0 Å². The highest BCUT2D eigenvalue weighted by atomic mass is 35.5. The first kappa shape index (κ1) is 26.6. The van der Waals surface area contributed by atoms with E-state index >= 15 is 0 Å². The molecule has 0 aliphatic heterocycles. The summed E-state index contributed by atoms with van der Waals surface area (Å²) in [7, 11) is 1.93. The Morgan fingerprint density at radius 2 is 1.70 bits per heavy atom. The molecule has 5 heteroatoms. The minimum absolute atomic E-state index is 0.183. The van der Waals surface area contributed by atoms with Crippen LogP contribution < -0.4 is 9.62 Å². The van der Waals surface area contributed by atoms with Gasteiger partial charge in [-0.1, -0.05) is 63.7 Å².